The Kier molecular flexibility index (Phi) is 5.30. The normalized spacial score (nSPS) is 14.4. The second-order valence-electron chi connectivity index (χ2n) is 7.02. The minimum absolute atomic E-state index is 0.147. The molecule has 138 valence electrons. The number of aromatic amines is 1. The molecule has 5 heteroatoms. The Morgan fingerprint density at radius 2 is 1.70 bits per heavy atom. The molecule has 4 rings (SSSR count). The van der Waals surface area contributed by atoms with E-state index in [9.17, 15) is 4.79 Å². The summed E-state index contributed by atoms with van der Waals surface area (Å²) in [5.41, 5.74) is 4.65. The number of carbonyl (C=O) groups is 1. The Morgan fingerprint density at radius 3 is 2.44 bits per heavy atom. The number of likely N-dealkylation sites (tertiary alicyclic amines) is 1. The van der Waals surface area contributed by atoms with Crippen molar-refractivity contribution >= 4 is 5.91 Å². The molecule has 0 unspecified atom stereocenters. The zero-order chi connectivity index (χ0) is 18.5. The van der Waals surface area contributed by atoms with E-state index >= 15 is 0 Å². The van der Waals surface area contributed by atoms with E-state index in [0.29, 0.717) is 12.2 Å². The van der Waals surface area contributed by atoms with E-state index in [1.807, 2.05) is 30.3 Å². The lowest BCUT2D eigenvalue weighted by Crippen LogP contribution is -2.23. The summed E-state index contributed by atoms with van der Waals surface area (Å²) in [5.74, 6) is -0.147. The zero-order valence-electron chi connectivity index (χ0n) is 15.3. The van der Waals surface area contributed by atoms with Gasteiger partial charge in [0, 0.05) is 18.7 Å². The van der Waals surface area contributed by atoms with Gasteiger partial charge in [-0.25, -0.2) is 0 Å². The molecule has 1 amide bonds. The third-order valence-electron chi connectivity index (χ3n) is 4.97. The van der Waals surface area contributed by atoms with Gasteiger partial charge in [0.1, 0.15) is 5.69 Å². The number of hydrogen-bond donors (Lipinski definition) is 2. The molecule has 1 aliphatic heterocycles. The van der Waals surface area contributed by atoms with Crippen LogP contribution in [0.2, 0.25) is 0 Å². The van der Waals surface area contributed by atoms with Crippen LogP contribution in [0.5, 0.6) is 0 Å². The average Bonchev–Trinajstić information content (AvgIpc) is 3.40. The maximum atomic E-state index is 12.4. The molecule has 0 bridgehead atoms. The first-order chi connectivity index (χ1) is 13.3. The number of nitrogens with one attached hydrogen (secondary N) is 2. The molecule has 1 saturated heterocycles. The van der Waals surface area contributed by atoms with Crippen molar-refractivity contribution in [2.75, 3.05) is 13.1 Å². The van der Waals surface area contributed by atoms with Gasteiger partial charge in [-0.3, -0.25) is 14.8 Å². The Morgan fingerprint density at radius 1 is 1.00 bits per heavy atom. The molecular formula is C22H24N4O. The first-order valence-electron chi connectivity index (χ1n) is 9.47. The van der Waals surface area contributed by atoms with Gasteiger partial charge in [0.05, 0.1) is 5.69 Å². The van der Waals surface area contributed by atoms with Crippen LogP contribution in [0.4, 0.5) is 0 Å². The number of amides is 1. The van der Waals surface area contributed by atoms with Crippen LogP contribution in [0, 0.1) is 0 Å². The van der Waals surface area contributed by atoms with Crippen LogP contribution in [-0.2, 0) is 13.1 Å². The van der Waals surface area contributed by atoms with E-state index in [4.69, 9.17) is 0 Å². The van der Waals surface area contributed by atoms with Crippen LogP contribution in [0.1, 0.15) is 34.5 Å². The van der Waals surface area contributed by atoms with Gasteiger partial charge in [-0.1, -0.05) is 54.6 Å². The summed E-state index contributed by atoms with van der Waals surface area (Å²) < 4.78 is 0. The molecular weight excluding hydrogens is 336 g/mol. The fourth-order valence-electron chi connectivity index (χ4n) is 3.43. The molecule has 2 N–H and O–H groups in total. The Hall–Kier alpha value is -2.92. The van der Waals surface area contributed by atoms with Crippen molar-refractivity contribution in [1.82, 2.24) is 20.4 Å². The maximum absolute atomic E-state index is 12.4. The Balaban J connectivity index is 1.32. The number of H-pyrrole nitrogens is 1. The highest BCUT2D eigenvalue weighted by atomic mass is 16.1. The Labute approximate surface area is 159 Å². The summed E-state index contributed by atoms with van der Waals surface area (Å²) in [4.78, 5) is 14.9. The second-order valence-corrected chi connectivity index (χ2v) is 7.02. The van der Waals surface area contributed by atoms with E-state index in [1.54, 1.807) is 6.07 Å². The SMILES string of the molecule is O=C(NCc1ccc(CN2CCCC2)cc1)c1cc(-c2ccccc2)n[nH]1. The number of hydrogen-bond acceptors (Lipinski definition) is 3. The minimum Gasteiger partial charge on any atom is -0.347 e. The van der Waals surface area contributed by atoms with E-state index in [0.717, 1.165) is 23.4 Å². The van der Waals surface area contributed by atoms with Gasteiger partial charge in [0.2, 0.25) is 0 Å². The monoisotopic (exact) mass is 360 g/mol. The lowest BCUT2D eigenvalue weighted by atomic mass is 10.1. The van der Waals surface area contributed by atoms with Gasteiger partial charge in [0.25, 0.3) is 5.91 Å². The minimum atomic E-state index is -0.147. The number of benzene rings is 2. The van der Waals surface area contributed by atoms with Crippen LogP contribution in [-0.4, -0.2) is 34.1 Å². The summed E-state index contributed by atoms with van der Waals surface area (Å²) in [5, 5.41) is 10.0. The summed E-state index contributed by atoms with van der Waals surface area (Å²) in [6.45, 7) is 3.92. The van der Waals surface area contributed by atoms with Gasteiger partial charge in [-0.15, -0.1) is 0 Å². The summed E-state index contributed by atoms with van der Waals surface area (Å²) in [6.07, 6.45) is 2.62. The molecule has 1 fully saturated rings. The molecule has 5 nitrogen and oxygen atoms in total. The molecule has 0 saturated carbocycles. The van der Waals surface area contributed by atoms with E-state index in [2.05, 4.69) is 44.7 Å². The van der Waals surface area contributed by atoms with Gasteiger partial charge >= 0.3 is 0 Å². The van der Waals surface area contributed by atoms with Crippen LogP contribution in [0.15, 0.2) is 60.7 Å². The van der Waals surface area contributed by atoms with Crippen molar-refractivity contribution in [3.63, 3.8) is 0 Å². The highest BCUT2D eigenvalue weighted by Gasteiger charge is 2.12. The summed E-state index contributed by atoms with van der Waals surface area (Å²) >= 11 is 0. The molecule has 3 aromatic rings. The van der Waals surface area contributed by atoms with E-state index in [-0.39, 0.29) is 5.91 Å². The van der Waals surface area contributed by atoms with Crippen molar-refractivity contribution in [3.8, 4) is 11.3 Å². The van der Waals surface area contributed by atoms with Crippen molar-refractivity contribution in [2.45, 2.75) is 25.9 Å². The molecule has 1 aliphatic rings. The lowest BCUT2D eigenvalue weighted by molar-refractivity contribution is 0.0946. The molecule has 0 atom stereocenters. The molecule has 1 aromatic heterocycles. The molecule has 2 heterocycles. The van der Waals surface area contributed by atoms with Crippen molar-refractivity contribution in [1.29, 1.82) is 0 Å². The largest absolute Gasteiger partial charge is 0.347 e. The van der Waals surface area contributed by atoms with Gasteiger partial charge in [-0.05, 0) is 43.1 Å². The van der Waals surface area contributed by atoms with Crippen molar-refractivity contribution in [2.24, 2.45) is 0 Å². The standard InChI is InChI=1S/C22H24N4O/c27-22(21-14-20(24-25-21)19-6-2-1-3-7-19)23-15-17-8-10-18(11-9-17)16-26-12-4-5-13-26/h1-3,6-11,14H,4-5,12-13,15-16H2,(H,23,27)(H,24,25). The quantitative estimate of drug-likeness (QED) is 0.706. The van der Waals surface area contributed by atoms with E-state index < -0.39 is 0 Å². The van der Waals surface area contributed by atoms with Crippen LogP contribution < -0.4 is 5.32 Å². The van der Waals surface area contributed by atoms with Crippen molar-refractivity contribution < 1.29 is 4.79 Å². The Bertz CT molecular complexity index is 880. The van der Waals surface area contributed by atoms with Gasteiger partial charge in [-0.2, -0.15) is 5.10 Å². The van der Waals surface area contributed by atoms with Crippen molar-refractivity contribution in [3.05, 3.63) is 77.5 Å². The molecule has 0 aliphatic carbocycles. The topological polar surface area (TPSA) is 61.0 Å². The lowest BCUT2D eigenvalue weighted by Gasteiger charge is -2.14. The van der Waals surface area contributed by atoms with Gasteiger partial charge < -0.3 is 5.32 Å². The van der Waals surface area contributed by atoms with Crippen LogP contribution in [0.25, 0.3) is 11.3 Å². The third kappa shape index (κ3) is 4.44. The number of aromatic nitrogens is 2. The first kappa shape index (κ1) is 17.5. The molecule has 2 aromatic carbocycles. The molecule has 0 spiro atoms. The first-order valence-corrected chi connectivity index (χ1v) is 9.47. The fourth-order valence-corrected chi connectivity index (χ4v) is 3.43. The maximum Gasteiger partial charge on any atom is 0.269 e. The average molecular weight is 360 g/mol. The third-order valence-corrected chi connectivity index (χ3v) is 4.97. The molecule has 27 heavy (non-hydrogen) atoms. The summed E-state index contributed by atoms with van der Waals surface area (Å²) in [6, 6.07) is 20.1. The van der Waals surface area contributed by atoms with Gasteiger partial charge in [0.15, 0.2) is 0 Å². The fraction of sp³-hybridized carbons (Fsp3) is 0.273. The zero-order valence-corrected chi connectivity index (χ0v) is 15.3. The number of nitrogens with zero attached hydrogens (tertiary/aromatic N) is 2. The predicted molar refractivity (Wildman–Crippen MR) is 106 cm³/mol. The van der Waals surface area contributed by atoms with E-state index in [1.165, 1.54) is 31.5 Å². The summed E-state index contributed by atoms with van der Waals surface area (Å²) in [7, 11) is 0. The second kappa shape index (κ2) is 8.18. The van der Waals surface area contributed by atoms with Crippen LogP contribution >= 0.6 is 0 Å². The highest BCUT2D eigenvalue weighted by Crippen LogP contribution is 2.17. The number of carbonyl (C=O) groups excluding carboxylic acids is 1. The molecule has 0 radical (unpaired) electrons. The number of rotatable bonds is 6. The highest BCUT2D eigenvalue weighted by molar-refractivity contribution is 5.93. The predicted octanol–water partition coefficient (Wildman–Crippen LogP) is 3.60. The van der Waals surface area contributed by atoms with Crippen LogP contribution in [0.3, 0.4) is 0 Å². The smallest absolute Gasteiger partial charge is 0.269 e.